The molecule has 0 radical (unpaired) electrons. The van der Waals surface area contributed by atoms with E-state index in [1.807, 2.05) is 18.2 Å². The highest BCUT2D eigenvalue weighted by Crippen LogP contribution is 2.44. The van der Waals surface area contributed by atoms with Gasteiger partial charge in [-0.1, -0.05) is 6.07 Å². The first-order valence-corrected chi connectivity index (χ1v) is 9.52. The second-order valence-electron chi connectivity index (χ2n) is 6.46. The van der Waals surface area contributed by atoms with Crippen LogP contribution in [0.4, 0.5) is 8.78 Å². The molecular formula is C20H13F2N3O3S. The summed E-state index contributed by atoms with van der Waals surface area (Å²) in [5.74, 6) is -0.179. The lowest BCUT2D eigenvalue weighted by molar-refractivity contribution is -0.286. The number of pyridine rings is 1. The maximum absolute atomic E-state index is 13.3. The van der Waals surface area contributed by atoms with E-state index < -0.39 is 12.4 Å². The molecular weight excluding hydrogens is 400 g/mol. The Morgan fingerprint density at radius 1 is 1.07 bits per heavy atom. The molecule has 1 aromatic carbocycles. The monoisotopic (exact) mass is 413 g/mol. The third kappa shape index (κ3) is 3.28. The zero-order valence-electron chi connectivity index (χ0n) is 14.8. The van der Waals surface area contributed by atoms with Gasteiger partial charge in [-0.25, -0.2) is 0 Å². The van der Waals surface area contributed by atoms with Crippen molar-refractivity contribution in [2.45, 2.75) is 18.8 Å². The summed E-state index contributed by atoms with van der Waals surface area (Å²) in [7, 11) is 0. The van der Waals surface area contributed by atoms with Crippen LogP contribution in [0.25, 0.3) is 10.4 Å². The van der Waals surface area contributed by atoms with Crippen molar-refractivity contribution in [1.29, 1.82) is 0 Å². The van der Waals surface area contributed by atoms with Gasteiger partial charge in [0, 0.05) is 35.5 Å². The Morgan fingerprint density at radius 2 is 1.86 bits per heavy atom. The lowest BCUT2D eigenvalue weighted by Crippen LogP contribution is -2.25. The fourth-order valence-electron chi connectivity index (χ4n) is 3.22. The molecule has 146 valence electrons. The lowest BCUT2D eigenvalue weighted by atomic mass is 9.99. The van der Waals surface area contributed by atoms with E-state index >= 15 is 0 Å². The predicted molar refractivity (Wildman–Crippen MR) is 104 cm³/mol. The molecule has 0 amide bonds. The number of thiophene rings is 1. The summed E-state index contributed by atoms with van der Waals surface area (Å²) >= 11 is 1.48. The van der Waals surface area contributed by atoms with Gasteiger partial charge in [0.2, 0.25) is 0 Å². The van der Waals surface area contributed by atoms with Crippen LogP contribution < -0.4 is 9.47 Å². The van der Waals surface area contributed by atoms with E-state index in [4.69, 9.17) is 0 Å². The summed E-state index contributed by atoms with van der Waals surface area (Å²) in [6, 6.07) is 9.89. The van der Waals surface area contributed by atoms with E-state index in [0.717, 1.165) is 21.0 Å². The topological polar surface area (TPSA) is 76.3 Å². The largest absolute Gasteiger partial charge is 0.586 e. The van der Waals surface area contributed by atoms with Gasteiger partial charge in [0.15, 0.2) is 11.5 Å². The van der Waals surface area contributed by atoms with Crippen molar-refractivity contribution < 1.29 is 23.4 Å². The van der Waals surface area contributed by atoms with Crippen molar-refractivity contribution in [1.82, 2.24) is 4.98 Å². The van der Waals surface area contributed by atoms with E-state index in [0.29, 0.717) is 17.5 Å². The Morgan fingerprint density at radius 3 is 2.62 bits per heavy atom. The zero-order chi connectivity index (χ0) is 20.0. The molecule has 6 nitrogen and oxygen atoms in total. The van der Waals surface area contributed by atoms with Crippen molar-refractivity contribution in [3.8, 4) is 21.9 Å². The van der Waals surface area contributed by atoms with Crippen molar-refractivity contribution in [2.75, 3.05) is 0 Å². The van der Waals surface area contributed by atoms with Crippen molar-refractivity contribution >= 4 is 23.3 Å². The minimum absolute atomic E-state index is 0.0671. The number of aromatic nitrogens is 1. The van der Waals surface area contributed by atoms with E-state index in [1.54, 1.807) is 18.6 Å². The maximum atomic E-state index is 13.3. The number of aliphatic hydroxyl groups is 1. The molecule has 29 heavy (non-hydrogen) atoms. The van der Waals surface area contributed by atoms with Crippen LogP contribution in [0.3, 0.4) is 0 Å². The molecule has 0 saturated carbocycles. The average molecular weight is 413 g/mol. The Hall–Kier alpha value is -3.17. The molecule has 4 heterocycles. The standard InChI is InChI=1S/C20H13F2N3O3S/c21-20(22)27-15-2-1-12(9-16(15)28-20)18(26)13-10-17(11-3-6-23-7-4-11)29-19(13)14-5-8-24-25-14/h1-4,6-10,18,26H,5H2. The van der Waals surface area contributed by atoms with Crippen molar-refractivity contribution in [3.63, 3.8) is 0 Å². The highest BCUT2D eigenvalue weighted by molar-refractivity contribution is 7.17. The first kappa shape index (κ1) is 17.9. The average Bonchev–Trinajstić information content (AvgIpc) is 3.44. The number of rotatable bonds is 4. The molecule has 0 aliphatic carbocycles. The molecule has 0 spiro atoms. The van der Waals surface area contributed by atoms with Gasteiger partial charge in [-0.15, -0.1) is 20.1 Å². The number of fused-ring (bicyclic) bond motifs is 1. The van der Waals surface area contributed by atoms with Gasteiger partial charge in [0.1, 0.15) is 6.10 Å². The molecule has 2 aliphatic rings. The van der Waals surface area contributed by atoms with Crippen LogP contribution in [0.1, 0.15) is 28.5 Å². The maximum Gasteiger partial charge on any atom is 0.586 e. The quantitative estimate of drug-likeness (QED) is 0.688. The Bertz CT molecular complexity index is 1150. The first-order valence-electron chi connectivity index (χ1n) is 8.71. The van der Waals surface area contributed by atoms with Crippen LogP contribution in [-0.4, -0.2) is 28.3 Å². The normalized spacial score (nSPS) is 17.4. The molecule has 2 aromatic heterocycles. The van der Waals surface area contributed by atoms with E-state index in [-0.39, 0.29) is 11.5 Å². The van der Waals surface area contributed by atoms with Crippen LogP contribution in [0.15, 0.2) is 59.0 Å². The minimum atomic E-state index is -3.70. The van der Waals surface area contributed by atoms with Crippen LogP contribution in [0, 0.1) is 0 Å². The van der Waals surface area contributed by atoms with Gasteiger partial charge in [-0.05, 0) is 41.5 Å². The van der Waals surface area contributed by atoms with Crippen LogP contribution in [-0.2, 0) is 0 Å². The third-order valence-corrected chi connectivity index (χ3v) is 5.82. The smallest absolute Gasteiger partial charge is 0.395 e. The summed E-state index contributed by atoms with van der Waals surface area (Å²) in [4.78, 5) is 5.75. The fraction of sp³-hybridized carbons (Fsp3) is 0.150. The second kappa shape index (κ2) is 6.71. The summed E-state index contributed by atoms with van der Waals surface area (Å²) in [6.07, 6.45) is 0.869. The van der Waals surface area contributed by atoms with Gasteiger partial charge >= 0.3 is 6.29 Å². The second-order valence-corrected chi connectivity index (χ2v) is 7.51. The van der Waals surface area contributed by atoms with Crippen LogP contribution >= 0.6 is 11.3 Å². The minimum Gasteiger partial charge on any atom is -0.395 e. The number of hydrogen-bond donors (Lipinski definition) is 1. The summed E-state index contributed by atoms with van der Waals surface area (Å²) < 4.78 is 35.6. The Balaban J connectivity index is 1.56. The van der Waals surface area contributed by atoms with E-state index in [9.17, 15) is 13.9 Å². The van der Waals surface area contributed by atoms with Crippen molar-refractivity contribution in [2.24, 2.45) is 10.2 Å². The third-order valence-electron chi connectivity index (χ3n) is 4.57. The molecule has 0 bridgehead atoms. The van der Waals surface area contributed by atoms with Gasteiger partial charge in [-0.3, -0.25) is 4.98 Å². The highest BCUT2D eigenvalue weighted by Gasteiger charge is 2.43. The predicted octanol–water partition coefficient (Wildman–Crippen LogP) is 4.39. The van der Waals surface area contributed by atoms with Gasteiger partial charge in [0.25, 0.3) is 0 Å². The van der Waals surface area contributed by atoms with Crippen LogP contribution in [0.2, 0.25) is 0 Å². The number of ether oxygens (including phenoxy) is 2. The highest BCUT2D eigenvalue weighted by atomic mass is 32.1. The number of halogens is 2. The molecule has 3 aromatic rings. The molecule has 1 unspecified atom stereocenters. The molecule has 5 rings (SSSR count). The Labute approximate surface area is 167 Å². The van der Waals surface area contributed by atoms with E-state index in [2.05, 4.69) is 24.7 Å². The SMILES string of the molecule is OC(c1ccc2c(c1)OC(F)(F)O2)c1cc(-c2ccncc2)sc1C1=NN=CC1. The number of hydrogen-bond acceptors (Lipinski definition) is 7. The molecule has 1 N–H and O–H groups in total. The van der Waals surface area contributed by atoms with E-state index in [1.165, 1.54) is 29.5 Å². The number of alkyl halides is 2. The molecule has 9 heteroatoms. The number of nitrogens with zero attached hydrogens (tertiary/aromatic N) is 3. The Kier molecular flexibility index (Phi) is 4.14. The van der Waals surface area contributed by atoms with Gasteiger partial charge in [-0.2, -0.15) is 10.2 Å². The molecule has 0 fully saturated rings. The van der Waals surface area contributed by atoms with Gasteiger partial charge < -0.3 is 14.6 Å². The van der Waals surface area contributed by atoms with Crippen molar-refractivity contribution in [3.05, 3.63) is 64.8 Å². The van der Waals surface area contributed by atoms with Crippen LogP contribution in [0.5, 0.6) is 11.5 Å². The summed E-state index contributed by atoms with van der Waals surface area (Å²) in [6.45, 7) is 0. The van der Waals surface area contributed by atoms with Gasteiger partial charge in [0.05, 0.1) is 10.6 Å². The number of benzene rings is 1. The summed E-state index contributed by atoms with van der Waals surface area (Å²) in [5, 5.41) is 19.1. The molecule has 2 aliphatic heterocycles. The lowest BCUT2D eigenvalue weighted by Gasteiger charge is -2.12. The summed E-state index contributed by atoms with van der Waals surface area (Å²) in [5.41, 5.74) is 2.73. The first-order chi connectivity index (χ1) is 14.0. The fourth-order valence-corrected chi connectivity index (χ4v) is 4.41. The zero-order valence-corrected chi connectivity index (χ0v) is 15.6. The number of aliphatic hydroxyl groups excluding tert-OH is 1. The molecule has 0 saturated heterocycles. The molecule has 1 atom stereocenters.